The molecule has 4 heteroatoms. The van der Waals surface area contributed by atoms with E-state index in [0.717, 1.165) is 31.8 Å². The van der Waals surface area contributed by atoms with Gasteiger partial charge in [0.1, 0.15) is 0 Å². The molecular weight excluding hydrogens is 262 g/mol. The van der Waals surface area contributed by atoms with Gasteiger partial charge in [-0.1, -0.05) is 23.8 Å². The van der Waals surface area contributed by atoms with Gasteiger partial charge in [-0.15, -0.1) is 0 Å². The SMILES string of the molecule is Cc1ccc(C)c(CNc2cnn(CC3CCCO3)c2)c1. The lowest BCUT2D eigenvalue weighted by Gasteiger charge is -2.09. The number of aryl methyl sites for hydroxylation is 2. The molecule has 3 rings (SSSR count). The second-order valence-electron chi connectivity index (χ2n) is 5.87. The highest BCUT2D eigenvalue weighted by molar-refractivity contribution is 5.41. The zero-order valence-corrected chi connectivity index (χ0v) is 12.8. The first kappa shape index (κ1) is 14.1. The Morgan fingerprint density at radius 1 is 1.38 bits per heavy atom. The highest BCUT2D eigenvalue weighted by atomic mass is 16.5. The summed E-state index contributed by atoms with van der Waals surface area (Å²) in [6.07, 6.45) is 6.60. The van der Waals surface area contributed by atoms with Gasteiger partial charge in [-0.3, -0.25) is 4.68 Å². The molecular formula is C17H23N3O. The van der Waals surface area contributed by atoms with E-state index in [-0.39, 0.29) is 0 Å². The number of benzene rings is 1. The quantitative estimate of drug-likeness (QED) is 0.916. The lowest BCUT2D eigenvalue weighted by atomic mass is 10.1. The summed E-state index contributed by atoms with van der Waals surface area (Å²) >= 11 is 0. The first-order chi connectivity index (χ1) is 10.2. The standard InChI is InChI=1S/C17H23N3O/c1-13-5-6-14(2)15(8-13)9-18-16-10-19-20(11-16)12-17-4-3-7-21-17/h5-6,8,10-11,17-18H,3-4,7,9,12H2,1-2H3. The monoisotopic (exact) mass is 285 g/mol. The molecule has 0 spiro atoms. The molecule has 21 heavy (non-hydrogen) atoms. The van der Waals surface area contributed by atoms with Gasteiger partial charge in [0.05, 0.1) is 24.5 Å². The molecule has 1 fully saturated rings. The molecule has 1 aliphatic rings. The van der Waals surface area contributed by atoms with Crippen LogP contribution in [-0.4, -0.2) is 22.5 Å². The normalized spacial score (nSPS) is 18.1. The zero-order chi connectivity index (χ0) is 14.7. The highest BCUT2D eigenvalue weighted by Gasteiger charge is 2.16. The smallest absolute Gasteiger partial charge is 0.0771 e. The third-order valence-electron chi connectivity index (χ3n) is 4.04. The van der Waals surface area contributed by atoms with Crippen LogP contribution in [-0.2, 0) is 17.8 Å². The minimum atomic E-state index is 0.330. The Morgan fingerprint density at radius 3 is 3.10 bits per heavy atom. The number of hydrogen-bond acceptors (Lipinski definition) is 3. The predicted molar refractivity (Wildman–Crippen MR) is 84.4 cm³/mol. The first-order valence-electron chi connectivity index (χ1n) is 7.65. The minimum absolute atomic E-state index is 0.330. The van der Waals surface area contributed by atoms with Crippen LogP contribution in [0.25, 0.3) is 0 Å². The summed E-state index contributed by atoms with van der Waals surface area (Å²) in [6, 6.07) is 6.56. The summed E-state index contributed by atoms with van der Waals surface area (Å²) in [5, 5.41) is 7.86. The predicted octanol–water partition coefficient (Wildman–Crippen LogP) is 3.29. The van der Waals surface area contributed by atoms with Gasteiger partial charge in [0.25, 0.3) is 0 Å². The van der Waals surface area contributed by atoms with Crippen LogP contribution < -0.4 is 5.32 Å². The van der Waals surface area contributed by atoms with Crippen molar-refractivity contribution in [3.63, 3.8) is 0 Å². The average molecular weight is 285 g/mol. The van der Waals surface area contributed by atoms with E-state index in [1.165, 1.54) is 23.1 Å². The van der Waals surface area contributed by atoms with Crippen LogP contribution in [0.1, 0.15) is 29.5 Å². The molecule has 1 unspecified atom stereocenters. The highest BCUT2D eigenvalue weighted by Crippen LogP contribution is 2.16. The number of rotatable bonds is 5. The first-order valence-corrected chi connectivity index (χ1v) is 7.65. The van der Waals surface area contributed by atoms with Gasteiger partial charge in [0.15, 0.2) is 0 Å². The van der Waals surface area contributed by atoms with Crippen LogP contribution in [0.5, 0.6) is 0 Å². The molecule has 1 N–H and O–H groups in total. The molecule has 112 valence electrons. The number of nitrogens with one attached hydrogen (secondary N) is 1. The Kier molecular flexibility index (Phi) is 4.25. The molecule has 1 aromatic heterocycles. The molecule has 0 aliphatic carbocycles. The van der Waals surface area contributed by atoms with E-state index in [2.05, 4.69) is 48.7 Å². The number of ether oxygens (including phenoxy) is 1. The van der Waals surface area contributed by atoms with E-state index in [4.69, 9.17) is 4.74 Å². The van der Waals surface area contributed by atoms with Crippen molar-refractivity contribution >= 4 is 5.69 Å². The molecule has 0 amide bonds. The summed E-state index contributed by atoms with van der Waals surface area (Å²) < 4.78 is 7.62. The van der Waals surface area contributed by atoms with Crippen LogP contribution in [0, 0.1) is 13.8 Å². The minimum Gasteiger partial charge on any atom is -0.378 e. The third kappa shape index (κ3) is 3.64. The Morgan fingerprint density at radius 2 is 2.29 bits per heavy atom. The van der Waals surface area contributed by atoms with E-state index in [1.54, 1.807) is 0 Å². The van der Waals surface area contributed by atoms with Gasteiger partial charge in [-0.25, -0.2) is 0 Å². The fourth-order valence-corrected chi connectivity index (χ4v) is 2.74. The van der Waals surface area contributed by atoms with Crippen molar-refractivity contribution in [2.24, 2.45) is 0 Å². The number of hydrogen-bond donors (Lipinski definition) is 1. The summed E-state index contributed by atoms with van der Waals surface area (Å²) in [7, 11) is 0. The van der Waals surface area contributed by atoms with Crippen molar-refractivity contribution in [2.45, 2.75) is 45.9 Å². The van der Waals surface area contributed by atoms with Gasteiger partial charge < -0.3 is 10.1 Å². The van der Waals surface area contributed by atoms with E-state index in [9.17, 15) is 0 Å². The molecule has 4 nitrogen and oxygen atoms in total. The molecule has 2 aromatic rings. The van der Waals surface area contributed by atoms with Crippen molar-refractivity contribution < 1.29 is 4.74 Å². The van der Waals surface area contributed by atoms with Crippen LogP contribution in [0.2, 0.25) is 0 Å². The number of nitrogens with zero attached hydrogens (tertiary/aromatic N) is 2. The second-order valence-corrected chi connectivity index (χ2v) is 5.87. The topological polar surface area (TPSA) is 39.1 Å². The van der Waals surface area contributed by atoms with Gasteiger partial charge in [-0.05, 0) is 37.8 Å². The molecule has 1 aromatic carbocycles. The molecule has 1 aliphatic heterocycles. The summed E-state index contributed by atoms with van der Waals surface area (Å²) in [6.45, 7) is 6.86. The molecule has 0 saturated carbocycles. The Bertz CT molecular complexity index is 600. The number of anilines is 1. The lowest BCUT2D eigenvalue weighted by molar-refractivity contribution is 0.0940. The number of aromatic nitrogens is 2. The summed E-state index contributed by atoms with van der Waals surface area (Å²) in [5.74, 6) is 0. The van der Waals surface area contributed by atoms with Crippen LogP contribution in [0.15, 0.2) is 30.6 Å². The van der Waals surface area contributed by atoms with E-state index >= 15 is 0 Å². The molecule has 2 heterocycles. The second kappa shape index (κ2) is 6.31. The van der Waals surface area contributed by atoms with Gasteiger partial charge in [0, 0.05) is 19.3 Å². The molecule has 1 atom stereocenters. The largest absolute Gasteiger partial charge is 0.378 e. The van der Waals surface area contributed by atoms with Crippen molar-refractivity contribution in [2.75, 3.05) is 11.9 Å². The summed E-state index contributed by atoms with van der Waals surface area (Å²) in [4.78, 5) is 0. The molecule has 0 radical (unpaired) electrons. The fraction of sp³-hybridized carbons (Fsp3) is 0.471. The lowest BCUT2D eigenvalue weighted by Crippen LogP contribution is -2.15. The average Bonchev–Trinajstić information content (AvgIpc) is 3.12. The van der Waals surface area contributed by atoms with E-state index < -0.39 is 0 Å². The van der Waals surface area contributed by atoms with E-state index in [0.29, 0.717) is 6.10 Å². The van der Waals surface area contributed by atoms with E-state index in [1.807, 2.05) is 10.9 Å². The van der Waals surface area contributed by atoms with Crippen molar-refractivity contribution in [1.29, 1.82) is 0 Å². The Balaban J connectivity index is 1.58. The Labute approximate surface area is 126 Å². The van der Waals surface area contributed by atoms with Crippen molar-refractivity contribution in [1.82, 2.24) is 9.78 Å². The van der Waals surface area contributed by atoms with Crippen molar-refractivity contribution in [3.05, 3.63) is 47.3 Å². The van der Waals surface area contributed by atoms with Crippen LogP contribution in [0.4, 0.5) is 5.69 Å². The maximum absolute atomic E-state index is 5.64. The zero-order valence-electron chi connectivity index (χ0n) is 12.8. The fourth-order valence-electron chi connectivity index (χ4n) is 2.74. The molecule has 1 saturated heterocycles. The van der Waals surface area contributed by atoms with Crippen LogP contribution in [0.3, 0.4) is 0 Å². The van der Waals surface area contributed by atoms with Crippen molar-refractivity contribution in [3.8, 4) is 0 Å². The maximum Gasteiger partial charge on any atom is 0.0771 e. The molecule has 0 bridgehead atoms. The van der Waals surface area contributed by atoms with Gasteiger partial charge in [0.2, 0.25) is 0 Å². The third-order valence-corrected chi connectivity index (χ3v) is 4.04. The van der Waals surface area contributed by atoms with Crippen LogP contribution >= 0.6 is 0 Å². The van der Waals surface area contributed by atoms with Gasteiger partial charge >= 0.3 is 0 Å². The maximum atomic E-state index is 5.64. The Hall–Kier alpha value is -1.81. The summed E-state index contributed by atoms with van der Waals surface area (Å²) in [5.41, 5.74) is 5.02. The van der Waals surface area contributed by atoms with Gasteiger partial charge in [-0.2, -0.15) is 5.10 Å².